The van der Waals surface area contributed by atoms with Crippen molar-refractivity contribution in [3.8, 4) is 5.75 Å². The number of anilines is 1. The molecular formula is C20H28N4O. The first-order valence-corrected chi connectivity index (χ1v) is 8.92. The smallest absolute Gasteiger partial charge is 0.128 e. The van der Waals surface area contributed by atoms with E-state index in [9.17, 15) is 0 Å². The van der Waals surface area contributed by atoms with Crippen LogP contribution in [0.2, 0.25) is 0 Å². The molecule has 5 nitrogen and oxygen atoms in total. The molecule has 1 aromatic carbocycles. The van der Waals surface area contributed by atoms with Gasteiger partial charge in [0, 0.05) is 50.5 Å². The van der Waals surface area contributed by atoms with Crippen LogP contribution in [0.15, 0.2) is 42.6 Å². The van der Waals surface area contributed by atoms with E-state index in [2.05, 4.69) is 52.3 Å². The topological polar surface area (TPSA) is 40.6 Å². The molecule has 0 bridgehead atoms. The number of benzene rings is 1. The molecule has 1 N–H and O–H groups in total. The molecular weight excluding hydrogens is 312 g/mol. The first-order valence-electron chi connectivity index (χ1n) is 8.92. The number of hydrogen-bond acceptors (Lipinski definition) is 5. The minimum absolute atomic E-state index is 0.216. The highest BCUT2D eigenvalue weighted by Gasteiger charge is 2.15. The Kier molecular flexibility index (Phi) is 5.89. The van der Waals surface area contributed by atoms with Gasteiger partial charge in [-0.2, -0.15) is 0 Å². The highest BCUT2D eigenvalue weighted by Crippen LogP contribution is 2.24. The molecule has 1 saturated heterocycles. The van der Waals surface area contributed by atoms with E-state index in [1.807, 2.05) is 24.4 Å². The van der Waals surface area contributed by atoms with Gasteiger partial charge in [0.2, 0.25) is 0 Å². The Bertz CT molecular complexity index is 666. The van der Waals surface area contributed by atoms with Gasteiger partial charge in [-0.25, -0.2) is 4.98 Å². The van der Waals surface area contributed by atoms with Gasteiger partial charge in [0.25, 0.3) is 0 Å². The maximum Gasteiger partial charge on any atom is 0.128 e. The van der Waals surface area contributed by atoms with Gasteiger partial charge in [-0.05, 0) is 31.7 Å². The first kappa shape index (κ1) is 17.7. The average Bonchev–Trinajstić information content (AvgIpc) is 2.67. The fraction of sp³-hybridized carbons (Fsp3) is 0.450. The molecule has 0 amide bonds. The minimum atomic E-state index is 0.216. The Morgan fingerprint density at radius 2 is 1.88 bits per heavy atom. The first-order chi connectivity index (χ1) is 12.2. The Balaban J connectivity index is 1.56. The molecule has 1 aliphatic rings. The minimum Gasteiger partial charge on any atom is -0.496 e. The third kappa shape index (κ3) is 4.50. The Morgan fingerprint density at radius 1 is 1.12 bits per heavy atom. The van der Waals surface area contributed by atoms with Crippen LogP contribution in [0.25, 0.3) is 0 Å². The number of nitrogens with zero attached hydrogens (tertiary/aromatic N) is 3. The summed E-state index contributed by atoms with van der Waals surface area (Å²) in [6.07, 6.45) is 1.98. The van der Waals surface area contributed by atoms with E-state index in [0.29, 0.717) is 0 Å². The summed E-state index contributed by atoms with van der Waals surface area (Å²) in [5, 5.41) is 3.55. The van der Waals surface area contributed by atoms with Gasteiger partial charge in [-0.15, -0.1) is 0 Å². The second-order valence-corrected chi connectivity index (χ2v) is 6.66. The summed E-state index contributed by atoms with van der Waals surface area (Å²) in [7, 11) is 3.88. The maximum atomic E-state index is 5.45. The van der Waals surface area contributed by atoms with Crippen molar-refractivity contribution >= 4 is 5.82 Å². The van der Waals surface area contributed by atoms with E-state index < -0.39 is 0 Å². The Labute approximate surface area is 150 Å². The Morgan fingerprint density at radius 3 is 2.56 bits per heavy atom. The van der Waals surface area contributed by atoms with E-state index in [4.69, 9.17) is 4.74 Å². The van der Waals surface area contributed by atoms with Crippen molar-refractivity contribution in [2.24, 2.45) is 0 Å². The van der Waals surface area contributed by atoms with Crippen LogP contribution >= 0.6 is 0 Å². The van der Waals surface area contributed by atoms with Crippen LogP contribution in [0.4, 0.5) is 5.82 Å². The second-order valence-electron chi connectivity index (χ2n) is 6.66. The van der Waals surface area contributed by atoms with Crippen molar-refractivity contribution in [2.75, 3.05) is 45.2 Å². The van der Waals surface area contributed by atoms with Crippen LogP contribution in [0.5, 0.6) is 5.75 Å². The molecule has 1 atom stereocenters. The number of nitrogens with one attached hydrogen (secondary N) is 1. The van der Waals surface area contributed by atoms with Crippen molar-refractivity contribution in [2.45, 2.75) is 19.5 Å². The number of likely N-dealkylation sites (N-methyl/N-ethyl adjacent to an activating group) is 1. The summed E-state index contributed by atoms with van der Waals surface area (Å²) in [5.74, 6) is 2.00. The fourth-order valence-electron chi connectivity index (χ4n) is 3.15. The fourth-order valence-corrected chi connectivity index (χ4v) is 3.15. The standard InChI is InChI=1S/C20H28N4O/c1-16(18-6-4-5-7-19(18)25-3)21-14-17-8-9-20(22-15-17)24-12-10-23(2)11-13-24/h4-9,15-16,21H,10-14H2,1-3H3. The molecule has 2 aromatic rings. The van der Waals surface area contributed by atoms with Gasteiger partial charge in [0.05, 0.1) is 7.11 Å². The molecule has 3 rings (SSSR count). The molecule has 5 heteroatoms. The number of methoxy groups -OCH3 is 1. The van der Waals surface area contributed by atoms with Crippen LogP contribution in [-0.4, -0.2) is 50.2 Å². The highest BCUT2D eigenvalue weighted by atomic mass is 16.5. The van der Waals surface area contributed by atoms with Crippen LogP contribution in [-0.2, 0) is 6.54 Å². The summed E-state index contributed by atoms with van der Waals surface area (Å²) in [6, 6.07) is 12.7. The van der Waals surface area contributed by atoms with Crippen LogP contribution < -0.4 is 15.0 Å². The quantitative estimate of drug-likeness (QED) is 0.875. The summed E-state index contributed by atoms with van der Waals surface area (Å²) in [6.45, 7) is 7.24. The molecule has 0 saturated carbocycles. The molecule has 0 radical (unpaired) electrons. The average molecular weight is 340 g/mol. The molecule has 1 aliphatic heterocycles. The summed E-state index contributed by atoms with van der Waals surface area (Å²) in [5.41, 5.74) is 2.37. The largest absolute Gasteiger partial charge is 0.496 e. The number of rotatable bonds is 6. The van der Waals surface area contributed by atoms with E-state index >= 15 is 0 Å². The molecule has 25 heavy (non-hydrogen) atoms. The van der Waals surface area contributed by atoms with E-state index in [-0.39, 0.29) is 6.04 Å². The lowest BCUT2D eigenvalue weighted by Gasteiger charge is -2.33. The van der Waals surface area contributed by atoms with Crippen molar-refractivity contribution < 1.29 is 4.74 Å². The zero-order valence-corrected chi connectivity index (χ0v) is 15.4. The van der Waals surface area contributed by atoms with Crippen molar-refractivity contribution in [3.05, 3.63) is 53.7 Å². The zero-order valence-electron chi connectivity index (χ0n) is 15.4. The van der Waals surface area contributed by atoms with Crippen molar-refractivity contribution in [1.82, 2.24) is 15.2 Å². The Hall–Kier alpha value is -2.11. The molecule has 2 heterocycles. The van der Waals surface area contributed by atoms with Crippen molar-refractivity contribution in [1.29, 1.82) is 0 Å². The lowest BCUT2D eigenvalue weighted by molar-refractivity contribution is 0.312. The van der Waals surface area contributed by atoms with Crippen LogP contribution in [0.1, 0.15) is 24.1 Å². The second kappa shape index (κ2) is 8.32. The molecule has 1 aromatic heterocycles. The third-order valence-corrected chi connectivity index (χ3v) is 4.85. The summed E-state index contributed by atoms with van der Waals surface area (Å²) >= 11 is 0. The molecule has 1 unspecified atom stereocenters. The molecule has 134 valence electrons. The number of pyridine rings is 1. The van der Waals surface area contributed by atoms with Gasteiger partial charge >= 0.3 is 0 Å². The van der Waals surface area contributed by atoms with Gasteiger partial charge in [-0.1, -0.05) is 24.3 Å². The van der Waals surface area contributed by atoms with E-state index in [1.165, 1.54) is 11.1 Å². The monoisotopic (exact) mass is 340 g/mol. The normalized spacial score (nSPS) is 16.7. The van der Waals surface area contributed by atoms with Crippen LogP contribution in [0.3, 0.4) is 0 Å². The van der Waals surface area contributed by atoms with Crippen molar-refractivity contribution in [3.63, 3.8) is 0 Å². The molecule has 1 fully saturated rings. The number of hydrogen-bond donors (Lipinski definition) is 1. The van der Waals surface area contributed by atoms with Gasteiger partial charge in [0.1, 0.15) is 11.6 Å². The lowest BCUT2D eigenvalue weighted by Crippen LogP contribution is -2.44. The highest BCUT2D eigenvalue weighted by molar-refractivity contribution is 5.40. The molecule has 0 aliphatic carbocycles. The van der Waals surface area contributed by atoms with Gasteiger partial charge in [-0.3, -0.25) is 0 Å². The number of piperazine rings is 1. The zero-order chi connectivity index (χ0) is 17.6. The SMILES string of the molecule is COc1ccccc1C(C)NCc1ccc(N2CCN(C)CC2)nc1. The third-order valence-electron chi connectivity index (χ3n) is 4.85. The molecule has 0 spiro atoms. The predicted octanol–water partition coefficient (Wildman–Crippen LogP) is 2.69. The number of para-hydroxylation sites is 1. The summed E-state index contributed by atoms with van der Waals surface area (Å²) in [4.78, 5) is 9.37. The lowest BCUT2D eigenvalue weighted by atomic mass is 10.1. The maximum absolute atomic E-state index is 5.45. The summed E-state index contributed by atoms with van der Waals surface area (Å²) < 4.78 is 5.45. The number of ether oxygens (including phenoxy) is 1. The van der Waals surface area contributed by atoms with Crippen LogP contribution in [0, 0.1) is 0 Å². The predicted molar refractivity (Wildman–Crippen MR) is 102 cm³/mol. The van der Waals surface area contributed by atoms with Gasteiger partial charge < -0.3 is 19.9 Å². The number of aromatic nitrogens is 1. The van der Waals surface area contributed by atoms with Gasteiger partial charge in [0.15, 0.2) is 0 Å². The van der Waals surface area contributed by atoms with E-state index in [0.717, 1.165) is 44.3 Å². The van der Waals surface area contributed by atoms with E-state index in [1.54, 1.807) is 7.11 Å².